The molecule has 0 saturated carbocycles. The van der Waals surface area contributed by atoms with E-state index in [1.807, 2.05) is 13.8 Å². The minimum atomic E-state index is -0.695. The van der Waals surface area contributed by atoms with Crippen LogP contribution in [0.15, 0.2) is 5.16 Å². The van der Waals surface area contributed by atoms with Gasteiger partial charge in [0.2, 0.25) is 0 Å². The van der Waals surface area contributed by atoms with E-state index in [4.69, 9.17) is 10.9 Å². The molecular formula is C9H21N3O2. The molecule has 0 aromatic rings. The number of hydrogen-bond donors (Lipinski definition) is 4. The minimum Gasteiger partial charge on any atom is -0.409 e. The standard InChI is InChI=1S/C9H21N3O2/c1-4-9(3,13)6-11-7(2)5-8(10)12-14/h7,11,13-14H,4-6H2,1-3H3,(H2,10,12). The molecule has 84 valence electrons. The molecule has 2 atom stereocenters. The Kier molecular flexibility index (Phi) is 5.49. The first-order chi connectivity index (χ1) is 6.41. The van der Waals surface area contributed by atoms with Gasteiger partial charge in [-0.25, -0.2) is 0 Å². The smallest absolute Gasteiger partial charge is 0.140 e. The summed E-state index contributed by atoms with van der Waals surface area (Å²) in [6.45, 7) is 6.12. The third-order valence-corrected chi connectivity index (χ3v) is 2.24. The summed E-state index contributed by atoms with van der Waals surface area (Å²) in [5.74, 6) is 0.196. The molecule has 0 aliphatic carbocycles. The third kappa shape index (κ3) is 5.77. The van der Waals surface area contributed by atoms with E-state index in [0.717, 1.165) is 0 Å². The third-order valence-electron chi connectivity index (χ3n) is 2.24. The van der Waals surface area contributed by atoms with Gasteiger partial charge < -0.3 is 21.4 Å². The van der Waals surface area contributed by atoms with E-state index in [1.54, 1.807) is 6.92 Å². The zero-order valence-electron chi connectivity index (χ0n) is 9.12. The van der Waals surface area contributed by atoms with E-state index in [0.29, 0.717) is 19.4 Å². The highest BCUT2D eigenvalue weighted by atomic mass is 16.4. The van der Waals surface area contributed by atoms with Gasteiger partial charge in [0.05, 0.1) is 5.60 Å². The van der Waals surface area contributed by atoms with Crippen LogP contribution in [0.4, 0.5) is 0 Å². The Hall–Kier alpha value is -0.810. The molecule has 0 aromatic carbocycles. The van der Waals surface area contributed by atoms with Crippen molar-refractivity contribution in [2.75, 3.05) is 6.54 Å². The quantitative estimate of drug-likeness (QED) is 0.216. The van der Waals surface area contributed by atoms with Crippen LogP contribution in [0.3, 0.4) is 0 Å². The van der Waals surface area contributed by atoms with Gasteiger partial charge >= 0.3 is 0 Å². The summed E-state index contributed by atoms with van der Waals surface area (Å²) in [6, 6.07) is 0.0870. The zero-order valence-corrected chi connectivity index (χ0v) is 9.12. The largest absolute Gasteiger partial charge is 0.409 e. The van der Waals surface area contributed by atoms with Crippen LogP contribution < -0.4 is 11.1 Å². The van der Waals surface area contributed by atoms with E-state index in [1.165, 1.54) is 0 Å². The fourth-order valence-corrected chi connectivity index (χ4v) is 0.946. The van der Waals surface area contributed by atoms with Gasteiger partial charge in [-0.15, -0.1) is 0 Å². The van der Waals surface area contributed by atoms with Crippen LogP contribution in [-0.2, 0) is 0 Å². The van der Waals surface area contributed by atoms with Crippen molar-refractivity contribution in [1.82, 2.24) is 5.32 Å². The molecule has 5 heteroatoms. The predicted molar refractivity (Wildman–Crippen MR) is 56.4 cm³/mol. The van der Waals surface area contributed by atoms with Crippen molar-refractivity contribution in [3.8, 4) is 0 Å². The van der Waals surface area contributed by atoms with Crippen LogP contribution in [0, 0.1) is 0 Å². The molecule has 5 nitrogen and oxygen atoms in total. The molecule has 5 N–H and O–H groups in total. The highest BCUT2D eigenvalue weighted by molar-refractivity contribution is 5.80. The molecule has 0 aliphatic heterocycles. The first-order valence-electron chi connectivity index (χ1n) is 4.83. The summed E-state index contributed by atoms with van der Waals surface area (Å²) in [7, 11) is 0. The van der Waals surface area contributed by atoms with Gasteiger partial charge in [-0.1, -0.05) is 12.1 Å². The van der Waals surface area contributed by atoms with Crippen LogP contribution in [0.2, 0.25) is 0 Å². The summed E-state index contributed by atoms with van der Waals surface area (Å²) in [4.78, 5) is 0. The Labute approximate surface area is 85.0 Å². The molecule has 0 aromatic heterocycles. The molecule has 0 bridgehead atoms. The monoisotopic (exact) mass is 203 g/mol. The van der Waals surface area contributed by atoms with Crippen LogP contribution in [0.25, 0.3) is 0 Å². The second-order valence-corrected chi connectivity index (χ2v) is 3.93. The van der Waals surface area contributed by atoms with Crippen molar-refractivity contribution in [1.29, 1.82) is 0 Å². The molecule has 0 radical (unpaired) electrons. The maximum absolute atomic E-state index is 9.69. The van der Waals surface area contributed by atoms with Gasteiger partial charge in [-0.2, -0.15) is 0 Å². The van der Waals surface area contributed by atoms with Crippen LogP contribution >= 0.6 is 0 Å². The van der Waals surface area contributed by atoms with E-state index in [-0.39, 0.29) is 11.9 Å². The molecule has 0 heterocycles. The minimum absolute atomic E-state index is 0.0870. The first kappa shape index (κ1) is 13.2. The number of amidine groups is 1. The SMILES string of the molecule is CCC(C)(O)CNC(C)CC(N)=NO. The molecule has 0 rings (SSSR count). The highest BCUT2D eigenvalue weighted by Gasteiger charge is 2.18. The second-order valence-electron chi connectivity index (χ2n) is 3.93. The zero-order chi connectivity index (χ0) is 11.2. The number of oxime groups is 1. The predicted octanol–water partition coefficient (Wildman–Crippen LogP) is 0.262. The Morgan fingerprint density at radius 2 is 2.21 bits per heavy atom. The highest BCUT2D eigenvalue weighted by Crippen LogP contribution is 2.06. The number of hydrogen-bond acceptors (Lipinski definition) is 4. The number of aliphatic hydroxyl groups is 1. The van der Waals surface area contributed by atoms with Gasteiger partial charge in [0.15, 0.2) is 0 Å². The summed E-state index contributed by atoms with van der Waals surface area (Å²) < 4.78 is 0. The molecule has 2 unspecified atom stereocenters. The maximum Gasteiger partial charge on any atom is 0.140 e. The van der Waals surface area contributed by atoms with Crippen molar-refractivity contribution in [3.63, 3.8) is 0 Å². The molecule has 0 saturated heterocycles. The summed E-state index contributed by atoms with van der Waals surface area (Å²) in [6.07, 6.45) is 1.16. The topological polar surface area (TPSA) is 90.9 Å². The van der Waals surface area contributed by atoms with Gasteiger partial charge in [0.25, 0.3) is 0 Å². The summed E-state index contributed by atoms with van der Waals surface area (Å²) >= 11 is 0. The molecule has 0 fully saturated rings. The molecule has 14 heavy (non-hydrogen) atoms. The normalized spacial score (nSPS) is 19.0. The van der Waals surface area contributed by atoms with Gasteiger partial charge in [0.1, 0.15) is 5.84 Å². The fourth-order valence-electron chi connectivity index (χ4n) is 0.946. The lowest BCUT2D eigenvalue weighted by molar-refractivity contribution is 0.0535. The summed E-state index contributed by atoms with van der Waals surface area (Å²) in [5.41, 5.74) is 4.65. The lowest BCUT2D eigenvalue weighted by Crippen LogP contribution is -2.42. The number of nitrogens with one attached hydrogen (secondary N) is 1. The Balaban J connectivity index is 3.80. The number of nitrogens with zero attached hydrogens (tertiary/aromatic N) is 1. The van der Waals surface area contributed by atoms with Gasteiger partial charge in [-0.3, -0.25) is 0 Å². The second kappa shape index (κ2) is 5.82. The van der Waals surface area contributed by atoms with Crippen molar-refractivity contribution in [2.24, 2.45) is 10.9 Å². The van der Waals surface area contributed by atoms with E-state index in [9.17, 15) is 5.11 Å². The van der Waals surface area contributed by atoms with Crippen LogP contribution in [-0.4, -0.2) is 34.3 Å². The number of nitrogens with two attached hydrogens (primary N) is 1. The number of rotatable bonds is 6. The average molecular weight is 203 g/mol. The molecule has 0 amide bonds. The van der Waals surface area contributed by atoms with Crippen LogP contribution in [0.1, 0.15) is 33.6 Å². The van der Waals surface area contributed by atoms with Crippen molar-refractivity contribution in [3.05, 3.63) is 0 Å². The lowest BCUT2D eigenvalue weighted by atomic mass is 10.0. The first-order valence-corrected chi connectivity index (χ1v) is 4.83. The average Bonchev–Trinajstić information content (AvgIpc) is 2.15. The van der Waals surface area contributed by atoms with Crippen molar-refractivity contribution >= 4 is 5.84 Å². The molecule has 0 aliphatic rings. The Morgan fingerprint density at radius 3 is 2.64 bits per heavy atom. The summed E-state index contributed by atoms with van der Waals surface area (Å²) in [5, 5.41) is 24.0. The van der Waals surface area contributed by atoms with Gasteiger partial charge in [-0.05, 0) is 20.3 Å². The fraction of sp³-hybridized carbons (Fsp3) is 0.889. The van der Waals surface area contributed by atoms with E-state index < -0.39 is 5.60 Å². The van der Waals surface area contributed by atoms with Crippen molar-refractivity contribution < 1.29 is 10.3 Å². The maximum atomic E-state index is 9.69. The van der Waals surface area contributed by atoms with E-state index >= 15 is 0 Å². The lowest BCUT2D eigenvalue weighted by Gasteiger charge is -2.24. The van der Waals surface area contributed by atoms with Gasteiger partial charge in [0, 0.05) is 19.0 Å². The van der Waals surface area contributed by atoms with Crippen molar-refractivity contribution in [2.45, 2.75) is 45.3 Å². The van der Waals surface area contributed by atoms with Crippen LogP contribution in [0.5, 0.6) is 0 Å². The molecule has 0 spiro atoms. The van der Waals surface area contributed by atoms with E-state index in [2.05, 4.69) is 10.5 Å². The Bertz CT molecular complexity index is 192. The Morgan fingerprint density at radius 1 is 1.64 bits per heavy atom. The molecular weight excluding hydrogens is 182 g/mol.